The van der Waals surface area contributed by atoms with Crippen molar-refractivity contribution < 1.29 is 23.8 Å². The summed E-state index contributed by atoms with van der Waals surface area (Å²) in [7, 11) is 1.53. The van der Waals surface area contributed by atoms with Gasteiger partial charge in [-0.05, 0) is 36.4 Å². The van der Waals surface area contributed by atoms with Gasteiger partial charge >= 0.3 is 5.63 Å². The van der Waals surface area contributed by atoms with E-state index in [9.17, 15) is 19.5 Å². The standard InChI is InChI=1S/C21H18N2O6/c1-28-12-11-22-20(26)15-7-4-5-13(23-15)9-10-16(24)18-19(25)14-6-2-3-8-17(14)29-21(18)27/h2-10,25H,11-12H2,1H3,(H,22,26)/b10-9+. The maximum atomic E-state index is 12.5. The van der Waals surface area contributed by atoms with Crippen molar-refractivity contribution in [2.75, 3.05) is 20.3 Å². The molecule has 2 heterocycles. The Bertz CT molecular complexity index is 1150. The molecular formula is C21H18N2O6. The number of benzene rings is 1. The van der Waals surface area contributed by atoms with E-state index in [1.807, 2.05) is 0 Å². The van der Waals surface area contributed by atoms with Gasteiger partial charge in [0.1, 0.15) is 22.6 Å². The minimum absolute atomic E-state index is 0.170. The van der Waals surface area contributed by atoms with E-state index in [4.69, 9.17) is 9.15 Å². The van der Waals surface area contributed by atoms with E-state index >= 15 is 0 Å². The predicted molar refractivity (Wildman–Crippen MR) is 106 cm³/mol. The topological polar surface area (TPSA) is 119 Å². The molecule has 1 amide bonds. The molecule has 0 fully saturated rings. The molecule has 1 aromatic carbocycles. The van der Waals surface area contributed by atoms with Gasteiger partial charge in [0.2, 0.25) is 0 Å². The first-order valence-corrected chi connectivity index (χ1v) is 8.72. The Morgan fingerprint density at radius 2 is 2.00 bits per heavy atom. The van der Waals surface area contributed by atoms with E-state index < -0.39 is 22.7 Å². The fourth-order valence-electron chi connectivity index (χ4n) is 2.62. The van der Waals surface area contributed by atoms with E-state index in [0.29, 0.717) is 18.8 Å². The Kier molecular flexibility index (Phi) is 6.16. The van der Waals surface area contributed by atoms with Crippen molar-refractivity contribution in [3.63, 3.8) is 0 Å². The average Bonchev–Trinajstić information content (AvgIpc) is 2.72. The predicted octanol–water partition coefficient (Wildman–Crippen LogP) is 2.17. The highest BCUT2D eigenvalue weighted by atomic mass is 16.5. The molecule has 0 aliphatic rings. The molecule has 0 aliphatic heterocycles. The highest BCUT2D eigenvalue weighted by Crippen LogP contribution is 2.26. The third-order valence-corrected chi connectivity index (χ3v) is 4.03. The van der Waals surface area contributed by atoms with Gasteiger partial charge in [-0.2, -0.15) is 0 Å². The van der Waals surface area contributed by atoms with Crippen LogP contribution in [0.1, 0.15) is 26.5 Å². The number of allylic oxidation sites excluding steroid dienone is 1. The van der Waals surface area contributed by atoms with Crippen molar-refractivity contribution in [2.24, 2.45) is 0 Å². The Labute approximate surface area is 165 Å². The van der Waals surface area contributed by atoms with Gasteiger partial charge in [-0.25, -0.2) is 9.78 Å². The summed E-state index contributed by atoms with van der Waals surface area (Å²) in [5, 5.41) is 13.2. The largest absolute Gasteiger partial charge is 0.506 e. The van der Waals surface area contributed by atoms with Crippen molar-refractivity contribution >= 4 is 28.7 Å². The molecule has 0 saturated carbocycles. The van der Waals surface area contributed by atoms with Crippen molar-refractivity contribution in [1.29, 1.82) is 0 Å². The number of ketones is 1. The number of hydrogen-bond donors (Lipinski definition) is 2. The second kappa shape index (κ2) is 8.94. The van der Waals surface area contributed by atoms with Gasteiger partial charge in [-0.3, -0.25) is 9.59 Å². The van der Waals surface area contributed by atoms with Gasteiger partial charge in [0.05, 0.1) is 17.7 Å². The zero-order valence-corrected chi connectivity index (χ0v) is 15.5. The van der Waals surface area contributed by atoms with Gasteiger partial charge < -0.3 is 19.6 Å². The van der Waals surface area contributed by atoms with Gasteiger partial charge in [-0.15, -0.1) is 0 Å². The van der Waals surface area contributed by atoms with Crippen LogP contribution in [0.4, 0.5) is 0 Å². The molecule has 29 heavy (non-hydrogen) atoms. The lowest BCUT2D eigenvalue weighted by molar-refractivity contribution is 0.0931. The van der Waals surface area contributed by atoms with Crippen LogP contribution in [0.15, 0.2) is 57.8 Å². The summed E-state index contributed by atoms with van der Waals surface area (Å²) >= 11 is 0. The average molecular weight is 394 g/mol. The number of ether oxygens (including phenoxy) is 1. The van der Waals surface area contributed by atoms with E-state index in [1.165, 1.54) is 25.3 Å². The highest BCUT2D eigenvalue weighted by Gasteiger charge is 2.18. The fourth-order valence-corrected chi connectivity index (χ4v) is 2.62. The van der Waals surface area contributed by atoms with Crippen LogP contribution in [-0.4, -0.2) is 42.0 Å². The number of hydrogen-bond acceptors (Lipinski definition) is 7. The molecule has 0 radical (unpaired) electrons. The Morgan fingerprint density at radius 3 is 2.79 bits per heavy atom. The lowest BCUT2D eigenvalue weighted by Crippen LogP contribution is -2.27. The molecule has 0 atom stereocenters. The molecule has 3 aromatic rings. The number of carbonyl (C=O) groups is 2. The molecular weight excluding hydrogens is 376 g/mol. The molecule has 3 rings (SSSR count). The summed E-state index contributed by atoms with van der Waals surface area (Å²) in [4.78, 5) is 40.8. The number of aromatic hydroxyl groups is 1. The number of methoxy groups -OCH3 is 1. The van der Waals surface area contributed by atoms with Gasteiger partial charge in [-0.1, -0.05) is 18.2 Å². The van der Waals surface area contributed by atoms with Crippen molar-refractivity contribution in [1.82, 2.24) is 10.3 Å². The van der Waals surface area contributed by atoms with Crippen LogP contribution in [0.5, 0.6) is 5.75 Å². The first-order chi connectivity index (χ1) is 14.0. The Balaban J connectivity index is 1.83. The Morgan fingerprint density at radius 1 is 1.21 bits per heavy atom. The fraction of sp³-hybridized carbons (Fsp3) is 0.143. The third kappa shape index (κ3) is 4.56. The molecule has 2 N–H and O–H groups in total. The molecule has 0 unspecified atom stereocenters. The minimum atomic E-state index is -0.935. The van der Waals surface area contributed by atoms with Gasteiger partial charge in [0.15, 0.2) is 5.78 Å². The number of amides is 1. The number of nitrogens with zero attached hydrogens (tertiary/aromatic N) is 1. The zero-order chi connectivity index (χ0) is 20.8. The first kappa shape index (κ1) is 20.0. The third-order valence-electron chi connectivity index (χ3n) is 4.03. The molecule has 8 heteroatoms. The summed E-state index contributed by atoms with van der Waals surface area (Å²) < 4.78 is 9.96. The maximum absolute atomic E-state index is 12.5. The van der Waals surface area contributed by atoms with E-state index in [0.717, 1.165) is 6.08 Å². The van der Waals surface area contributed by atoms with Crippen LogP contribution in [0.3, 0.4) is 0 Å². The molecule has 8 nitrogen and oxygen atoms in total. The summed E-state index contributed by atoms with van der Waals surface area (Å²) in [5.74, 6) is -1.55. The van der Waals surface area contributed by atoms with Crippen LogP contribution in [0.25, 0.3) is 17.0 Å². The zero-order valence-electron chi connectivity index (χ0n) is 15.5. The van der Waals surface area contributed by atoms with Crippen LogP contribution in [0, 0.1) is 0 Å². The number of rotatable bonds is 7. The number of fused-ring (bicyclic) bond motifs is 1. The van der Waals surface area contributed by atoms with E-state index in [2.05, 4.69) is 10.3 Å². The van der Waals surface area contributed by atoms with Crippen molar-refractivity contribution in [2.45, 2.75) is 0 Å². The number of nitrogens with one attached hydrogen (secondary N) is 1. The molecule has 0 spiro atoms. The lowest BCUT2D eigenvalue weighted by atomic mass is 10.1. The Hall–Kier alpha value is -3.78. The van der Waals surface area contributed by atoms with Crippen LogP contribution >= 0.6 is 0 Å². The second-order valence-electron chi connectivity index (χ2n) is 6.00. The van der Waals surface area contributed by atoms with Gasteiger partial charge in [0, 0.05) is 13.7 Å². The molecule has 0 bridgehead atoms. The SMILES string of the molecule is COCCNC(=O)c1cccc(/C=C/C(=O)c2c(O)c3ccccc3oc2=O)n1. The minimum Gasteiger partial charge on any atom is -0.506 e. The van der Waals surface area contributed by atoms with E-state index in [-0.39, 0.29) is 22.6 Å². The molecule has 0 saturated heterocycles. The number of aromatic nitrogens is 1. The second-order valence-corrected chi connectivity index (χ2v) is 6.00. The van der Waals surface area contributed by atoms with Crippen LogP contribution in [0.2, 0.25) is 0 Å². The highest BCUT2D eigenvalue weighted by molar-refractivity contribution is 6.10. The van der Waals surface area contributed by atoms with Crippen molar-refractivity contribution in [3.8, 4) is 5.75 Å². The van der Waals surface area contributed by atoms with Crippen LogP contribution in [-0.2, 0) is 4.74 Å². The first-order valence-electron chi connectivity index (χ1n) is 8.72. The molecule has 148 valence electrons. The number of carbonyl (C=O) groups excluding carboxylic acids is 2. The summed E-state index contributed by atoms with van der Waals surface area (Å²) in [5.41, 5.74) is -0.709. The lowest BCUT2D eigenvalue weighted by Gasteiger charge is -2.04. The summed E-state index contributed by atoms with van der Waals surface area (Å²) in [6.07, 6.45) is 2.44. The number of pyridine rings is 1. The van der Waals surface area contributed by atoms with Crippen molar-refractivity contribution in [3.05, 3.63) is 75.9 Å². The van der Waals surface area contributed by atoms with E-state index in [1.54, 1.807) is 30.3 Å². The summed E-state index contributed by atoms with van der Waals surface area (Å²) in [6, 6.07) is 11.1. The normalized spacial score (nSPS) is 11.1. The monoisotopic (exact) mass is 394 g/mol. The van der Waals surface area contributed by atoms with Gasteiger partial charge in [0.25, 0.3) is 5.91 Å². The summed E-state index contributed by atoms with van der Waals surface area (Å²) in [6.45, 7) is 0.713. The number of para-hydroxylation sites is 1. The maximum Gasteiger partial charge on any atom is 0.351 e. The van der Waals surface area contributed by atoms with Crippen LogP contribution < -0.4 is 10.9 Å². The smallest absolute Gasteiger partial charge is 0.351 e. The molecule has 0 aliphatic carbocycles. The quantitative estimate of drug-likeness (QED) is 0.273. The molecule has 2 aromatic heterocycles.